The minimum absolute atomic E-state index is 0.0527. The zero-order valence-corrected chi connectivity index (χ0v) is 25.6. The molecular weight excluding hydrogens is 566 g/mol. The summed E-state index contributed by atoms with van der Waals surface area (Å²) in [7, 11) is 3.07. The van der Waals surface area contributed by atoms with Crippen LogP contribution in [-0.2, 0) is 32.1 Å². The molecule has 0 bridgehead atoms. The number of aliphatic hydroxyl groups excluding tert-OH is 1. The fourth-order valence-electron chi connectivity index (χ4n) is 7.42. The molecule has 0 aliphatic heterocycles. The molecule has 230 valence electrons. The number of rotatable bonds is 7. The Morgan fingerprint density at radius 2 is 1.81 bits per heavy atom. The lowest BCUT2D eigenvalue weighted by Gasteiger charge is -2.52. The van der Waals surface area contributed by atoms with E-state index in [0.29, 0.717) is 17.7 Å². The van der Waals surface area contributed by atoms with Crippen molar-refractivity contribution in [2.75, 3.05) is 27.2 Å². The van der Waals surface area contributed by atoms with Gasteiger partial charge in [0.05, 0.1) is 24.1 Å². The second-order valence-corrected chi connectivity index (χ2v) is 13.5. The van der Waals surface area contributed by atoms with E-state index in [0.717, 1.165) is 0 Å². The quantitative estimate of drug-likeness (QED) is 0.324. The Hall–Kier alpha value is -2.70. The van der Waals surface area contributed by atoms with Gasteiger partial charge in [-0.25, -0.2) is 0 Å². The fraction of sp³-hybridized carbons (Fsp3) is 0.633. The number of ketones is 4. The second kappa shape index (κ2) is 11.1. The Labute approximate surface area is 250 Å². The highest BCUT2D eigenvalue weighted by Crippen LogP contribution is 2.52. The van der Waals surface area contributed by atoms with Gasteiger partial charge in [-0.3, -0.25) is 33.8 Å². The first kappa shape index (κ1) is 32.2. The van der Waals surface area contributed by atoms with Gasteiger partial charge in [-0.15, -0.1) is 0 Å². The molecule has 42 heavy (non-hydrogen) atoms. The molecule has 2 fully saturated rings. The van der Waals surface area contributed by atoms with Crippen molar-refractivity contribution in [1.82, 2.24) is 9.80 Å². The summed E-state index contributed by atoms with van der Waals surface area (Å²) in [6, 6.07) is -0.0164. The van der Waals surface area contributed by atoms with Crippen LogP contribution in [0.2, 0.25) is 5.02 Å². The number of aliphatic hydroxyl groups is 2. The third kappa shape index (κ3) is 4.79. The number of benzene rings is 1. The lowest BCUT2D eigenvalue weighted by Crippen LogP contribution is -2.74. The van der Waals surface area contributed by atoms with Crippen LogP contribution in [0.4, 0.5) is 0 Å². The maximum absolute atomic E-state index is 13.9. The van der Waals surface area contributed by atoms with E-state index in [2.05, 4.69) is 0 Å². The van der Waals surface area contributed by atoms with Crippen LogP contribution in [0.25, 0.3) is 0 Å². The van der Waals surface area contributed by atoms with Gasteiger partial charge in [-0.05, 0) is 62.0 Å². The molecule has 2 saturated carbocycles. The molecule has 1 amide bonds. The predicted octanol–water partition coefficient (Wildman–Crippen LogP) is 0.749. The number of nitrogens with zero attached hydrogens (tertiary/aromatic N) is 2. The standard InChI is InChI=1S/C30H40ClN3O8/c1-7-34(18(12-35)29(2,3)4)11-14-10-17(36)20-15(22(14)31)8-13-9-16-23(33(5)6)25(38)21(28(32)41)27(40)30(16,42)26(39)19(13)24(20)37/h10,13,16,18-19,21,23,35-36,42H,7-9,11-12H2,1-6H3,(H2,32,41)/t13-,16-,18+,19?,21?,23-,30-/m0/s1. The summed E-state index contributed by atoms with van der Waals surface area (Å²) >= 11 is 6.88. The summed E-state index contributed by atoms with van der Waals surface area (Å²) in [6.07, 6.45) is 0.0316. The normalized spacial score (nSPS) is 30.3. The number of carbonyl (C=O) groups is 5. The average Bonchev–Trinajstić information content (AvgIpc) is 2.87. The van der Waals surface area contributed by atoms with Gasteiger partial charge in [0, 0.05) is 23.5 Å². The van der Waals surface area contributed by atoms with E-state index < -0.39 is 64.4 Å². The van der Waals surface area contributed by atoms with Crippen molar-refractivity contribution in [2.45, 2.75) is 64.8 Å². The highest BCUT2D eigenvalue weighted by atomic mass is 35.5. The number of phenols is 1. The molecule has 4 rings (SSSR count). The van der Waals surface area contributed by atoms with Gasteiger partial charge in [-0.2, -0.15) is 0 Å². The highest BCUT2D eigenvalue weighted by Gasteiger charge is 2.69. The maximum atomic E-state index is 13.9. The Bertz CT molecular complexity index is 1350. The Morgan fingerprint density at radius 3 is 2.31 bits per heavy atom. The van der Waals surface area contributed by atoms with Crippen LogP contribution in [0.3, 0.4) is 0 Å². The molecule has 1 aromatic carbocycles. The van der Waals surface area contributed by atoms with E-state index >= 15 is 0 Å². The number of nitrogens with two attached hydrogens (primary N) is 1. The molecule has 1 aromatic rings. The molecule has 0 spiro atoms. The number of halogens is 1. The smallest absolute Gasteiger partial charge is 0.235 e. The summed E-state index contributed by atoms with van der Waals surface area (Å²) in [5.74, 6) is -11.1. The van der Waals surface area contributed by atoms with Gasteiger partial charge in [0.2, 0.25) is 5.91 Å². The molecular formula is C30H40ClN3O8. The highest BCUT2D eigenvalue weighted by molar-refractivity contribution is 6.34. The van der Waals surface area contributed by atoms with E-state index in [9.17, 15) is 39.3 Å². The fourth-order valence-corrected chi connectivity index (χ4v) is 7.71. The average molecular weight is 606 g/mol. The number of phenolic OH excluding ortho intramolecular Hbond substituents is 1. The number of amides is 1. The van der Waals surface area contributed by atoms with Crippen LogP contribution in [-0.4, -0.2) is 99.1 Å². The number of Topliss-reactive ketones (excluding diaryl/α,β-unsaturated/α-hetero) is 4. The monoisotopic (exact) mass is 605 g/mol. The van der Waals surface area contributed by atoms with E-state index in [1.165, 1.54) is 25.1 Å². The number of aromatic hydroxyl groups is 1. The van der Waals surface area contributed by atoms with Crippen molar-refractivity contribution in [3.8, 4) is 5.75 Å². The number of primary amides is 1. The third-order valence-electron chi connectivity index (χ3n) is 9.46. The summed E-state index contributed by atoms with van der Waals surface area (Å²) in [5.41, 5.74) is 3.07. The van der Waals surface area contributed by atoms with Crippen LogP contribution >= 0.6 is 11.6 Å². The van der Waals surface area contributed by atoms with E-state index in [4.69, 9.17) is 17.3 Å². The summed E-state index contributed by atoms with van der Waals surface area (Å²) in [6.45, 7) is 8.74. The molecule has 0 heterocycles. The van der Waals surface area contributed by atoms with Crippen molar-refractivity contribution in [3.63, 3.8) is 0 Å². The van der Waals surface area contributed by atoms with Crippen molar-refractivity contribution in [1.29, 1.82) is 0 Å². The minimum atomic E-state index is -2.77. The molecule has 3 aliphatic carbocycles. The molecule has 3 aliphatic rings. The first-order valence-corrected chi connectivity index (χ1v) is 14.5. The topological polar surface area (TPSA) is 179 Å². The van der Waals surface area contributed by atoms with Gasteiger partial charge in [0.15, 0.2) is 34.7 Å². The lowest BCUT2D eigenvalue weighted by molar-refractivity contribution is -0.181. The molecule has 5 N–H and O–H groups in total. The number of hydrogen-bond acceptors (Lipinski definition) is 10. The van der Waals surface area contributed by atoms with Crippen molar-refractivity contribution >= 4 is 40.6 Å². The minimum Gasteiger partial charge on any atom is -0.507 e. The summed E-state index contributed by atoms with van der Waals surface area (Å²) < 4.78 is 0. The number of fused-ring (bicyclic) bond motifs is 3. The van der Waals surface area contributed by atoms with Crippen LogP contribution in [0.5, 0.6) is 5.75 Å². The molecule has 11 nitrogen and oxygen atoms in total. The zero-order valence-electron chi connectivity index (χ0n) is 24.8. The van der Waals surface area contributed by atoms with Gasteiger partial charge < -0.3 is 21.1 Å². The molecule has 12 heteroatoms. The maximum Gasteiger partial charge on any atom is 0.235 e. The summed E-state index contributed by atoms with van der Waals surface area (Å²) in [4.78, 5) is 70.0. The predicted molar refractivity (Wildman–Crippen MR) is 153 cm³/mol. The third-order valence-corrected chi connectivity index (χ3v) is 9.93. The molecule has 2 unspecified atom stereocenters. The SMILES string of the molecule is CCN(Cc1cc(O)c2c(c1Cl)C[C@H]1C[C@H]3[C@H](N(C)C)C(=O)C(C(N)=O)C(=O)[C@@]3(O)C(=O)C1C2=O)[C@H](CO)C(C)(C)C. The van der Waals surface area contributed by atoms with E-state index in [-0.39, 0.29) is 53.8 Å². The lowest BCUT2D eigenvalue weighted by atomic mass is 9.52. The van der Waals surface area contributed by atoms with Crippen LogP contribution in [0.15, 0.2) is 6.07 Å². The van der Waals surface area contributed by atoms with Crippen LogP contribution < -0.4 is 5.73 Å². The van der Waals surface area contributed by atoms with E-state index in [1.807, 2.05) is 32.6 Å². The summed E-state index contributed by atoms with van der Waals surface area (Å²) in [5, 5.41) is 33.1. The first-order chi connectivity index (χ1) is 19.4. The first-order valence-electron chi connectivity index (χ1n) is 14.2. The largest absolute Gasteiger partial charge is 0.507 e. The molecule has 0 saturated heterocycles. The Kier molecular flexibility index (Phi) is 8.51. The van der Waals surface area contributed by atoms with Gasteiger partial charge in [0.1, 0.15) is 5.75 Å². The van der Waals surface area contributed by atoms with Crippen molar-refractivity contribution < 1.29 is 39.3 Å². The zero-order chi connectivity index (χ0) is 31.6. The number of carbonyl (C=O) groups excluding carboxylic acids is 5. The van der Waals surface area contributed by atoms with Crippen LogP contribution in [0, 0.1) is 29.1 Å². The number of likely N-dealkylation sites (N-methyl/N-ethyl adjacent to an activating group) is 2. The Balaban J connectivity index is 1.79. The van der Waals surface area contributed by atoms with Gasteiger partial charge in [0.25, 0.3) is 0 Å². The van der Waals surface area contributed by atoms with Crippen molar-refractivity contribution in [2.24, 2.45) is 34.8 Å². The molecule has 0 radical (unpaired) electrons. The molecule has 0 aromatic heterocycles. The van der Waals surface area contributed by atoms with Crippen LogP contribution in [0.1, 0.15) is 55.6 Å². The van der Waals surface area contributed by atoms with Gasteiger partial charge >= 0.3 is 0 Å². The molecule has 7 atom stereocenters. The van der Waals surface area contributed by atoms with E-state index in [1.54, 1.807) is 0 Å². The van der Waals surface area contributed by atoms with Gasteiger partial charge in [-0.1, -0.05) is 39.3 Å². The number of hydrogen-bond donors (Lipinski definition) is 4. The Morgan fingerprint density at radius 1 is 1.19 bits per heavy atom. The second-order valence-electron chi connectivity index (χ2n) is 13.1. The van der Waals surface area contributed by atoms with Crippen molar-refractivity contribution in [3.05, 3.63) is 27.8 Å².